The van der Waals surface area contributed by atoms with E-state index in [0.717, 1.165) is 33.3 Å². The standard InChI is InChI=1S/C23H16N4S/c24-14-17(23(25)28)13-18-15-27(19-9-2-1-3-10-19)26-22(18)21-12-6-8-16-7-4-5-11-20(16)21/h1-13,15H,(H2,25,28). The Balaban J connectivity index is 1.99. The molecule has 0 unspecified atom stereocenters. The smallest absolute Gasteiger partial charge is 0.114 e. The van der Waals surface area contributed by atoms with Crippen LogP contribution in [0.15, 0.2) is 84.6 Å². The lowest BCUT2D eigenvalue weighted by Gasteiger charge is -2.05. The van der Waals surface area contributed by atoms with E-state index in [1.54, 1.807) is 10.8 Å². The van der Waals surface area contributed by atoms with E-state index in [9.17, 15) is 5.26 Å². The van der Waals surface area contributed by atoms with E-state index in [2.05, 4.69) is 24.3 Å². The van der Waals surface area contributed by atoms with Crippen molar-refractivity contribution in [1.29, 1.82) is 5.26 Å². The Morgan fingerprint density at radius 3 is 2.46 bits per heavy atom. The van der Waals surface area contributed by atoms with Crippen molar-refractivity contribution in [1.82, 2.24) is 9.78 Å². The highest BCUT2D eigenvalue weighted by molar-refractivity contribution is 7.80. The summed E-state index contributed by atoms with van der Waals surface area (Å²) in [6.07, 6.45) is 3.59. The molecule has 4 aromatic rings. The van der Waals surface area contributed by atoms with Crippen molar-refractivity contribution in [3.05, 3.63) is 90.1 Å². The Labute approximate surface area is 168 Å². The number of nitrogens with zero attached hydrogens (tertiary/aromatic N) is 3. The molecule has 0 bridgehead atoms. The van der Waals surface area contributed by atoms with Crippen LogP contribution in [0.2, 0.25) is 0 Å². The van der Waals surface area contributed by atoms with Gasteiger partial charge in [0.05, 0.1) is 11.3 Å². The van der Waals surface area contributed by atoms with E-state index in [1.165, 1.54) is 0 Å². The number of benzene rings is 3. The Bertz CT molecular complexity index is 1240. The minimum atomic E-state index is 0.0684. The minimum Gasteiger partial charge on any atom is -0.389 e. The average molecular weight is 380 g/mol. The molecule has 1 heterocycles. The van der Waals surface area contributed by atoms with E-state index in [-0.39, 0.29) is 10.6 Å². The van der Waals surface area contributed by atoms with Crippen molar-refractivity contribution in [2.75, 3.05) is 0 Å². The van der Waals surface area contributed by atoms with Gasteiger partial charge >= 0.3 is 0 Å². The monoisotopic (exact) mass is 380 g/mol. The minimum absolute atomic E-state index is 0.0684. The highest BCUT2D eigenvalue weighted by atomic mass is 32.1. The fourth-order valence-corrected chi connectivity index (χ4v) is 3.27. The second-order valence-electron chi connectivity index (χ2n) is 6.27. The number of aromatic nitrogens is 2. The molecule has 0 aliphatic rings. The summed E-state index contributed by atoms with van der Waals surface area (Å²) in [7, 11) is 0. The number of hydrogen-bond acceptors (Lipinski definition) is 3. The molecule has 0 amide bonds. The molecular weight excluding hydrogens is 364 g/mol. The van der Waals surface area contributed by atoms with Gasteiger partial charge in [0.25, 0.3) is 0 Å². The van der Waals surface area contributed by atoms with Gasteiger partial charge in [-0.25, -0.2) is 4.68 Å². The molecule has 3 aromatic carbocycles. The first kappa shape index (κ1) is 17.7. The van der Waals surface area contributed by atoms with E-state index in [1.807, 2.05) is 60.8 Å². The van der Waals surface area contributed by atoms with Gasteiger partial charge in [-0.15, -0.1) is 0 Å². The fourth-order valence-electron chi connectivity index (χ4n) is 3.16. The molecule has 4 nitrogen and oxygen atoms in total. The summed E-state index contributed by atoms with van der Waals surface area (Å²) >= 11 is 5.01. The van der Waals surface area contributed by atoms with Crippen LogP contribution in [0.4, 0.5) is 0 Å². The Morgan fingerprint density at radius 1 is 1.00 bits per heavy atom. The molecule has 5 heteroatoms. The largest absolute Gasteiger partial charge is 0.389 e. The van der Waals surface area contributed by atoms with Gasteiger partial charge < -0.3 is 5.73 Å². The van der Waals surface area contributed by atoms with Gasteiger partial charge in [-0.3, -0.25) is 0 Å². The maximum Gasteiger partial charge on any atom is 0.114 e. The lowest BCUT2D eigenvalue weighted by Crippen LogP contribution is -2.09. The van der Waals surface area contributed by atoms with Gasteiger partial charge in [0.1, 0.15) is 16.8 Å². The molecule has 0 saturated heterocycles. The van der Waals surface area contributed by atoms with Crippen molar-refractivity contribution in [3.8, 4) is 23.0 Å². The predicted octanol–water partition coefficient (Wildman–Crippen LogP) is 4.89. The highest BCUT2D eigenvalue weighted by Crippen LogP contribution is 2.31. The van der Waals surface area contributed by atoms with Crippen molar-refractivity contribution < 1.29 is 0 Å². The molecule has 28 heavy (non-hydrogen) atoms. The van der Waals surface area contributed by atoms with Crippen LogP contribution in [-0.2, 0) is 0 Å². The third-order valence-corrected chi connectivity index (χ3v) is 4.71. The first-order valence-corrected chi connectivity index (χ1v) is 9.13. The Kier molecular flexibility index (Phi) is 4.71. The summed E-state index contributed by atoms with van der Waals surface area (Å²) in [6.45, 7) is 0. The van der Waals surface area contributed by atoms with Gasteiger partial charge in [0.15, 0.2) is 0 Å². The summed E-state index contributed by atoms with van der Waals surface area (Å²) in [6, 6.07) is 26.2. The number of para-hydroxylation sites is 1. The predicted molar refractivity (Wildman–Crippen MR) is 117 cm³/mol. The molecule has 4 rings (SSSR count). The summed E-state index contributed by atoms with van der Waals surface area (Å²) in [5.41, 5.74) is 9.42. The van der Waals surface area contributed by atoms with Crippen LogP contribution < -0.4 is 5.73 Å². The SMILES string of the molecule is N#CC(=Cc1cn(-c2ccccc2)nc1-c1cccc2ccccc12)C(N)=S. The molecular formula is C23H16N4S. The van der Waals surface area contributed by atoms with Gasteiger partial charge in [0.2, 0.25) is 0 Å². The van der Waals surface area contributed by atoms with E-state index < -0.39 is 0 Å². The quantitative estimate of drug-likeness (QED) is 0.311. The average Bonchev–Trinajstić information content (AvgIpc) is 3.15. The molecule has 1 aromatic heterocycles. The second kappa shape index (κ2) is 7.47. The van der Waals surface area contributed by atoms with Crippen molar-refractivity contribution >= 4 is 34.1 Å². The first-order chi connectivity index (χ1) is 13.7. The van der Waals surface area contributed by atoms with Crippen LogP contribution >= 0.6 is 12.2 Å². The summed E-state index contributed by atoms with van der Waals surface area (Å²) in [4.78, 5) is 0.0684. The number of fused-ring (bicyclic) bond motifs is 1. The van der Waals surface area contributed by atoms with Gasteiger partial charge in [-0.05, 0) is 29.0 Å². The maximum absolute atomic E-state index is 9.40. The van der Waals surface area contributed by atoms with Gasteiger partial charge in [-0.2, -0.15) is 10.4 Å². The lowest BCUT2D eigenvalue weighted by molar-refractivity contribution is 0.884. The molecule has 0 aliphatic carbocycles. The van der Waals surface area contributed by atoms with Crippen molar-refractivity contribution in [3.63, 3.8) is 0 Å². The molecule has 0 atom stereocenters. The van der Waals surface area contributed by atoms with Crippen LogP contribution in [-0.4, -0.2) is 14.8 Å². The topological polar surface area (TPSA) is 67.6 Å². The first-order valence-electron chi connectivity index (χ1n) is 8.72. The van der Waals surface area contributed by atoms with E-state index in [4.69, 9.17) is 23.1 Å². The van der Waals surface area contributed by atoms with Gasteiger partial charge in [0, 0.05) is 17.3 Å². The van der Waals surface area contributed by atoms with Crippen LogP contribution in [0.5, 0.6) is 0 Å². The third kappa shape index (κ3) is 3.29. The van der Waals surface area contributed by atoms with E-state index >= 15 is 0 Å². The van der Waals surface area contributed by atoms with Gasteiger partial charge in [-0.1, -0.05) is 72.9 Å². The molecule has 0 fully saturated rings. The molecule has 0 spiro atoms. The molecule has 0 saturated carbocycles. The number of nitriles is 1. The number of nitrogens with two attached hydrogens (primary N) is 1. The number of hydrogen-bond donors (Lipinski definition) is 1. The number of rotatable bonds is 4. The Morgan fingerprint density at radius 2 is 1.71 bits per heavy atom. The zero-order valence-electron chi connectivity index (χ0n) is 14.9. The zero-order chi connectivity index (χ0) is 19.5. The van der Waals surface area contributed by atoms with Crippen LogP contribution in [0.25, 0.3) is 33.8 Å². The zero-order valence-corrected chi connectivity index (χ0v) is 15.7. The molecule has 134 valence electrons. The van der Waals surface area contributed by atoms with E-state index in [0.29, 0.717) is 0 Å². The van der Waals surface area contributed by atoms with Crippen molar-refractivity contribution in [2.45, 2.75) is 0 Å². The molecule has 0 aliphatic heterocycles. The second-order valence-corrected chi connectivity index (χ2v) is 6.71. The summed E-state index contributed by atoms with van der Waals surface area (Å²) in [5, 5.41) is 16.4. The summed E-state index contributed by atoms with van der Waals surface area (Å²) < 4.78 is 1.80. The fraction of sp³-hybridized carbons (Fsp3) is 0. The van der Waals surface area contributed by atoms with Crippen LogP contribution in [0, 0.1) is 11.3 Å². The normalized spacial score (nSPS) is 11.3. The summed E-state index contributed by atoms with van der Waals surface area (Å²) in [5.74, 6) is 0. The molecule has 0 radical (unpaired) electrons. The van der Waals surface area contributed by atoms with Crippen LogP contribution in [0.1, 0.15) is 5.56 Å². The van der Waals surface area contributed by atoms with Crippen LogP contribution in [0.3, 0.4) is 0 Å². The lowest BCUT2D eigenvalue weighted by atomic mass is 9.99. The highest BCUT2D eigenvalue weighted by Gasteiger charge is 2.14. The van der Waals surface area contributed by atoms with Crippen molar-refractivity contribution in [2.24, 2.45) is 5.73 Å². The number of thiocarbonyl (C=S) groups is 1. The maximum atomic E-state index is 9.40. The molecule has 2 N–H and O–H groups in total. The Hall–Kier alpha value is -3.75. The third-order valence-electron chi connectivity index (χ3n) is 4.49.